The topological polar surface area (TPSA) is 62.9 Å². The van der Waals surface area contributed by atoms with Crippen molar-refractivity contribution in [3.8, 4) is 5.75 Å². The molecule has 1 aliphatic heterocycles. The van der Waals surface area contributed by atoms with E-state index in [9.17, 15) is 4.39 Å². The second-order valence-corrected chi connectivity index (χ2v) is 5.92. The van der Waals surface area contributed by atoms with Crippen LogP contribution in [0.3, 0.4) is 0 Å². The Bertz CT molecular complexity index is 529. The third-order valence-corrected chi connectivity index (χ3v) is 4.08. The van der Waals surface area contributed by atoms with Crippen LogP contribution < -0.4 is 15.8 Å². The van der Waals surface area contributed by atoms with Gasteiger partial charge >= 0.3 is 0 Å². The molecular weight excluding hydrogens is 422 g/mol. The van der Waals surface area contributed by atoms with Crippen molar-refractivity contribution >= 4 is 29.9 Å². The summed E-state index contributed by atoms with van der Waals surface area (Å²) in [6, 6.07) is 6.64. The number of guanidine groups is 1. The van der Waals surface area contributed by atoms with Crippen molar-refractivity contribution in [3.05, 3.63) is 30.1 Å². The number of nitrogens with zero attached hydrogens (tertiary/aromatic N) is 2. The molecule has 0 aromatic heterocycles. The smallest absolute Gasteiger partial charge is 0.188 e. The molecule has 0 saturated carbocycles. The van der Waals surface area contributed by atoms with E-state index in [1.165, 1.54) is 31.5 Å². The van der Waals surface area contributed by atoms with Crippen molar-refractivity contribution in [3.63, 3.8) is 0 Å². The Kier molecular flexibility index (Phi) is 9.35. The van der Waals surface area contributed by atoms with Crippen molar-refractivity contribution in [2.24, 2.45) is 10.7 Å². The second-order valence-electron chi connectivity index (χ2n) is 5.92. The van der Waals surface area contributed by atoms with Crippen molar-refractivity contribution in [1.82, 2.24) is 10.2 Å². The summed E-state index contributed by atoms with van der Waals surface area (Å²) in [6.45, 7) is 7.55. The first-order chi connectivity index (χ1) is 11.1. The highest BCUT2D eigenvalue weighted by Gasteiger charge is 2.22. The molecule has 1 fully saturated rings. The summed E-state index contributed by atoms with van der Waals surface area (Å²) >= 11 is 0. The van der Waals surface area contributed by atoms with Gasteiger partial charge in [0.1, 0.15) is 17.7 Å². The van der Waals surface area contributed by atoms with E-state index in [1.54, 1.807) is 12.1 Å². The number of halogens is 2. The molecule has 0 radical (unpaired) electrons. The molecule has 0 amide bonds. The number of nitrogens with two attached hydrogens (primary N) is 1. The average Bonchev–Trinajstić information content (AvgIpc) is 2.98. The maximum absolute atomic E-state index is 13.1. The Morgan fingerprint density at radius 2 is 2.33 bits per heavy atom. The first-order valence-electron chi connectivity index (χ1n) is 8.28. The van der Waals surface area contributed by atoms with Gasteiger partial charge in [-0.15, -0.1) is 24.0 Å². The summed E-state index contributed by atoms with van der Waals surface area (Å²) in [5.74, 6) is 0.628. The summed E-state index contributed by atoms with van der Waals surface area (Å²) in [4.78, 5) is 6.75. The SMILES string of the molecule is CCN1CCCC1CNC(N)=NCC(C)Oc1cccc(F)c1.I. The largest absolute Gasteiger partial charge is 0.489 e. The fourth-order valence-electron chi connectivity index (χ4n) is 2.86. The molecule has 2 rings (SSSR count). The van der Waals surface area contributed by atoms with E-state index in [2.05, 4.69) is 22.1 Å². The average molecular weight is 450 g/mol. The lowest BCUT2D eigenvalue weighted by molar-refractivity contribution is 0.229. The van der Waals surface area contributed by atoms with E-state index in [0.717, 1.165) is 13.1 Å². The van der Waals surface area contributed by atoms with Crippen molar-refractivity contribution in [2.75, 3.05) is 26.2 Å². The number of aliphatic imine (C=N–C) groups is 1. The van der Waals surface area contributed by atoms with E-state index in [0.29, 0.717) is 24.3 Å². The lowest BCUT2D eigenvalue weighted by Crippen LogP contribution is -2.43. The summed E-state index contributed by atoms with van der Waals surface area (Å²) in [5.41, 5.74) is 5.91. The quantitative estimate of drug-likeness (QED) is 0.381. The molecule has 2 atom stereocenters. The summed E-state index contributed by atoms with van der Waals surface area (Å²) < 4.78 is 18.7. The van der Waals surface area contributed by atoms with Crippen LogP contribution in [0.2, 0.25) is 0 Å². The van der Waals surface area contributed by atoms with Gasteiger partial charge in [-0.1, -0.05) is 13.0 Å². The van der Waals surface area contributed by atoms with Crippen LogP contribution in [0.4, 0.5) is 4.39 Å². The molecule has 1 heterocycles. The fraction of sp³-hybridized carbons (Fsp3) is 0.588. The number of ether oxygens (including phenoxy) is 1. The van der Waals surface area contributed by atoms with Gasteiger partial charge in [0.05, 0.1) is 6.54 Å². The minimum atomic E-state index is -0.309. The normalized spacial score (nSPS) is 19.6. The summed E-state index contributed by atoms with van der Waals surface area (Å²) in [7, 11) is 0. The van der Waals surface area contributed by atoms with Gasteiger partial charge in [-0.25, -0.2) is 9.38 Å². The van der Waals surface area contributed by atoms with Gasteiger partial charge < -0.3 is 15.8 Å². The molecule has 0 spiro atoms. The summed E-state index contributed by atoms with van der Waals surface area (Å²) in [6.07, 6.45) is 2.28. The molecular formula is C17H28FIN4O. The second kappa shape index (κ2) is 10.7. The van der Waals surface area contributed by atoms with Crippen LogP contribution in [0.15, 0.2) is 29.3 Å². The molecule has 1 saturated heterocycles. The standard InChI is InChI=1S/C17H27FN4O.HI/c1-3-22-9-5-7-15(22)12-21-17(19)20-11-13(2)23-16-8-4-6-14(18)10-16;/h4,6,8,10,13,15H,3,5,7,9,11-12H2,1-2H3,(H3,19,20,21);1H. The van der Waals surface area contributed by atoms with Gasteiger partial charge in [-0.2, -0.15) is 0 Å². The highest BCUT2D eigenvalue weighted by Crippen LogP contribution is 2.15. The molecule has 0 aliphatic carbocycles. The van der Waals surface area contributed by atoms with Crippen LogP contribution in [0, 0.1) is 5.82 Å². The first-order valence-corrected chi connectivity index (χ1v) is 8.28. The zero-order valence-corrected chi connectivity index (χ0v) is 16.7. The number of hydrogen-bond acceptors (Lipinski definition) is 3. The fourth-order valence-corrected chi connectivity index (χ4v) is 2.86. The van der Waals surface area contributed by atoms with E-state index < -0.39 is 0 Å². The molecule has 5 nitrogen and oxygen atoms in total. The summed E-state index contributed by atoms with van der Waals surface area (Å²) in [5, 5.41) is 3.19. The molecule has 2 unspecified atom stereocenters. The van der Waals surface area contributed by atoms with Crippen LogP contribution >= 0.6 is 24.0 Å². The van der Waals surface area contributed by atoms with Crippen molar-refractivity contribution in [1.29, 1.82) is 0 Å². The maximum atomic E-state index is 13.1. The third-order valence-electron chi connectivity index (χ3n) is 4.08. The van der Waals surface area contributed by atoms with Crippen LogP contribution in [-0.4, -0.2) is 49.2 Å². The van der Waals surface area contributed by atoms with Crippen LogP contribution in [0.25, 0.3) is 0 Å². The van der Waals surface area contributed by atoms with Gasteiger partial charge in [-0.3, -0.25) is 4.90 Å². The lowest BCUT2D eigenvalue weighted by atomic mass is 10.2. The molecule has 1 aromatic rings. The number of benzene rings is 1. The van der Waals surface area contributed by atoms with Crippen LogP contribution in [0.1, 0.15) is 26.7 Å². The van der Waals surface area contributed by atoms with E-state index >= 15 is 0 Å². The molecule has 3 N–H and O–H groups in total. The maximum Gasteiger partial charge on any atom is 0.188 e. The molecule has 136 valence electrons. The molecule has 0 bridgehead atoms. The Hall–Kier alpha value is -1.09. The van der Waals surface area contributed by atoms with Gasteiger partial charge in [-0.05, 0) is 45.0 Å². The highest BCUT2D eigenvalue weighted by molar-refractivity contribution is 14.0. The number of likely N-dealkylation sites (tertiary alicyclic amines) is 1. The van der Waals surface area contributed by atoms with Crippen LogP contribution in [-0.2, 0) is 0 Å². The minimum Gasteiger partial charge on any atom is -0.489 e. The number of nitrogens with one attached hydrogen (secondary N) is 1. The number of hydrogen-bond donors (Lipinski definition) is 2. The Labute approximate surface area is 160 Å². The number of rotatable bonds is 7. The first kappa shape index (κ1) is 21.0. The Morgan fingerprint density at radius 1 is 1.54 bits per heavy atom. The molecule has 1 aromatic carbocycles. The van der Waals surface area contributed by atoms with Gasteiger partial charge in [0, 0.05) is 18.7 Å². The monoisotopic (exact) mass is 450 g/mol. The molecule has 7 heteroatoms. The van der Waals surface area contributed by atoms with Crippen molar-refractivity contribution < 1.29 is 9.13 Å². The van der Waals surface area contributed by atoms with E-state index in [4.69, 9.17) is 10.5 Å². The van der Waals surface area contributed by atoms with E-state index in [-0.39, 0.29) is 35.9 Å². The number of likely N-dealkylation sites (N-methyl/N-ethyl adjacent to an activating group) is 1. The van der Waals surface area contributed by atoms with Gasteiger partial charge in [0.25, 0.3) is 0 Å². The lowest BCUT2D eigenvalue weighted by Gasteiger charge is -2.23. The predicted molar refractivity (Wildman–Crippen MR) is 107 cm³/mol. The Morgan fingerprint density at radius 3 is 3.04 bits per heavy atom. The molecule has 1 aliphatic rings. The zero-order chi connectivity index (χ0) is 16.7. The van der Waals surface area contributed by atoms with Gasteiger partial charge in [0.15, 0.2) is 5.96 Å². The predicted octanol–water partition coefficient (Wildman–Crippen LogP) is 2.60. The zero-order valence-electron chi connectivity index (χ0n) is 14.4. The minimum absolute atomic E-state index is 0. The van der Waals surface area contributed by atoms with Crippen LogP contribution in [0.5, 0.6) is 5.75 Å². The Balaban J connectivity index is 0.00000288. The highest BCUT2D eigenvalue weighted by atomic mass is 127. The van der Waals surface area contributed by atoms with E-state index in [1.807, 2.05) is 6.92 Å². The van der Waals surface area contributed by atoms with Crippen molar-refractivity contribution in [2.45, 2.75) is 38.8 Å². The molecule has 24 heavy (non-hydrogen) atoms. The third kappa shape index (κ3) is 6.80. The van der Waals surface area contributed by atoms with Gasteiger partial charge in [0.2, 0.25) is 0 Å².